The Hall–Kier alpha value is -4.59. The first-order valence-electron chi connectivity index (χ1n) is 12.0. The molecular weight excluding hydrogens is 533 g/mol. The summed E-state index contributed by atoms with van der Waals surface area (Å²) < 4.78 is 105. The fourth-order valence-corrected chi connectivity index (χ4v) is 4.26. The number of halogens is 7. The standard InChI is InChI=1S/C32H19F7O/c1-18-2-10-23(11-3-18)32(38,39)40-24-16-29(36)31(30(37)17-24)20-6-4-19(5-7-20)21-8-12-25(27(34)14-21)22-9-13-26(33)28(35)15-22/h2-17H,1H3. The molecule has 0 radical (unpaired) electrons. The van der Waals surface area contributed by atoms with Gasteiger partial charge in [-0.2, -0.15) is 8.78 Å². The molecule has 202 valence electrons. The Kier molecular flexibility index (Phi) is 7.10. The Labute approximate surface area is 225 Å². The quantitative estimate of drug-likeness (QED) is 0.191. The second-order valence-corrected chi connectivity index (χ2v) is 9.15. The molecule has 0 N–H and O–H groups in total. The lowest BCUT2D eigenvalue weighted by Crippen LogP contribution is -2.22. The first-order valence-corrected chi connectivity index (χ1v) is 12.0. The summed E-state index contributed by atoms with van der Waals surface area (Å²) in [5.74, 6) is -5.72. The van der Waals surface area contributed by atoms with E-state index in [0.717, 1.165) is 17.7 Å². The minimum Gasteiger partial charge on any atom is -0.429 e. The van der Waals surface area contributed by atoms with E-state index in [9.17, 15) is 30.7 Å². The predicted molar refractivity (Wildman–Crippen MR) is 138 cm³/mol. The molecule has 0 saturated heterocycles. The molecule has 0 fully saturated rings. The Morgan fingerprint density at radius 3 is 1.65 bits per heavy atom. The van der Waals surface area contributed by atoms with Gasteiger partial charge < -0.3 is 4.74 Å². The van der Waals surface area contributed by atoms with Crippen LogP contribution in [-0.2, 0) is 6.11 Å². The number of hydrogen-bond donors (Lipinski definition) is 0. The van der Waals surface area contributed by atoms with Crippen LogP contribution in [0.3, 0.4) is 0 Å². The fraction of sp³-hybridized carbons (Fsp3) is 0.0625. The minimum absolute atomic E-state index is 0.0682. The van der Waals surface area contributed by atoms with E-state index >= 15 is 0 Å². The highest BCUT2D eigenvalue weighted by atomic mass is 19.3. The van der Waals surface area contributed by atoms with Crippen molar-refractivity contribution in [3.05, 3.63) is 137 Å². The Morgan fingerprint density at radius 1 is 0.500 bits per heavy atom. The third-order valence-corrected chi connectivity index (χ3v) is 6.36. The monoisotopic (exact) mass is 552 g/mol. The Bertz CT molecular complexity index is 1670. The van der Waals surface area contributed by atoms with Gasteiger partial charge in [0.2, 0.25) is 0 Å². The van der Waals surface area contributed by atoms with E-state index in [-0.39, 0.29) is 16.7 Å². The zero-order valence-corrected chi connectivity index (χ0v) is 20.8. The Balaban J connectivity index is 1.38. The average Bonchev–Trinajstić information content (AvgIpc) is 2.90. The van der Waals surface area contributed by atoms with E-state index < -0.39 is 52.1 Å². The smallest absolute Gasteiger partial charge is 0.426 e. The van der Waals surface area contributed by atoms with Gasteiger partial charge in [-0.1, -0.05) is 60.2 Å². The molecule has 40 heavy (non-hydrogen) atoms. The predicted octanol–water partition coefficient (Wildman–Crippen LogP) is 9.82. The fourth-order valence-electron chi connectivity index (χ4n) is 4.26. The van der Waals surface area contributed by atoms with Crippen LogP contribution in [0, 0.1) is 36.0 Å². The van der Waals surface area contributed by atoms with Crippen molar-refractivity contribution < 1.29 is 35.5 Å². The summed E-state index contributed by atoms with van der Waals surface area (Å²) in [6, 6.07) is 19.7. The first-order chi connectivity index (χ1) is 19.0. The second-order valence-electron chi connectivity index (χ2n) is 9.15. The van der Waals surface area contributed by atoms with Crippen LogP contribution in [-0.4, -0.2) is 0 Å². The number of hydrogen-bond acceptors (Lipinski definition) is 1. The van der Waals surface area contributed by atoms with E-state index in [4.69, 9.17) is 0 Å². The highest BCUT2D eigenvalue weighted by Crippen LogP contribution is 2.36. The molecule has 0 heterocycles. The zero-order chi connectivity index (χ0) is 28.6. The van der Waals surface area contributed by atoms with Gasteiger partial charge in [0.25, 0.3) is 0 Å². The van der Waals surface area contributed by atoms with Crippen molar-refractivity contribution >= 4 is 0 Å². The molecule has 0 aliphatic rings. The van der Waals surface area contributed by atoms with Crippen molar-refractivity contribution in [1.29, 1.82) is 0 Å². The Morgan fingerprint density at radius 2 is 1.05 bits per heavy atom. The van der Waals surface area contributed by atoms with Crippen LogP contribution in [0.2, 0.25) is 0 Å². The van der Waals surface area contributed by atoms with Gasteiger partial charge in [0.05, 0.1) is 11.1 Å². The normalized spacial score (nSPS) is 11.5. The van der Waals surface area contributed by atoms with Crippen molar-refractivity contribution in [3.63, 3.8) is 0 Å². The number of ether oxygens (including phenoxy) is 1. The molecule has 0 aromatic heterocycles. The van der Waals surface area contributed by atoms with Crippen LogP contribution in [0.25, 0.3) is 33.4 Å². The second kappa shape index (κ2) is 10.5. The SMILES string of the molecule is Cc1ccc(C(F)(F)Oc2cc(F)c(-c3ccc(-c4ccc(-c5ccc(F)c(F)c5)c(F)c4)cc3)c(F)c2)cc1. The van der Waals surface area contributed by atoms with Gasteiger partial charge in [0.1, 0.15) is 23.2 Å². The summed E-state index contributed by atoms with van der Waals surface area (Å²) in [4.78, 5) is 0. The van der Waals surface area contributed by atoms with Gasteiger partial charge >= 0.3 is 6.11 Å². The molecule has 5 rings (SSSR count). The van der Waals surface area contributed by atoms with Crippen LogP contribution in [0.5, 0.6) is 5.75 Å². The number of benzene rings is 5. The van der Waals surface area contributed by atoms with E-state index in [1.807, 2.05) is 0 Å². The maximum absolute atomic E-state index is 14.9. The molecule has 0 unspecified atom stereocenters. The molecular formula is C32H19F7O. The van der Waals surface area contributed by atoms with Crippen LogP contribution < -0.4 is 4.74 Å². The molecule has 0 aliphatic carbocycles. The van der Waals surface area contributed by atoms with Crippen LogP contribution in [0.15, 0.2) is 97.1 Å². The zero-order valence-electron chi connectivity index (χ0n) is 20.8. The third kappa shape index (κ3) is 5.43. The summed E-state index contributed by atoms with van der Waals surface area (Å²) in [5, 5.41) is 0. The van der Waals surface area contributed by atoms with Crippen LogP contribution in [0.1, 0.15) is 11.1 Å². The summed E-state index contributed by atoms with van der Waals surface area (Å²) >= 11 is 0. The molecule has 5 aromatic carbocycles. The molecule has 0 aliphatic heterocycles. The number of rotatable bonds is 6. The maximum atomic E-state index is 14.9. The molecule has 0 saturated carbocycles. The summed E-state index contributed by atoms with van der Waals surface area (Å²) in [7, 11) is 0. The first kappa shape index (κ1) is 27.0. The molecule has 5 aromatic rings. The van der Waals surface area contributed by atoms with Crippen LogP contribution in [0.4, 0.5) is 30.7 Å². The number of alkyl halides is 2. The summed E-state index contributed by atoms with van der Waals surface area (Å²) in [5.41, 5.74) is 1.14. The highest BCUT2D eigenvalue weighted by Gasteiger charge is 2.35. The largest absolute Gasteiger partial charge is 0.429 e. The molecule has 8 heteroatoms. The van der Waals surface area contributed by atoms with E-state index in [0.29, 0.717) is 23.3 Å². The van der Waals surface area contributed by atoms with E-state index in [1.165, 1.54) is 66.7 Å². The highest BCUT2D eigenvalue weighted by molar-refractivity contribution is 5.74. The molecule has 0 bridgehead atoms. The molecule has 0 atom stereocenters. The molecule has 1 nitrogen and oxygen atoms in total. The summed E-state index contributed by atoms with van der Waals surface area (Å²) in [6.45, 7) is 1.73. The topological polar surface area (TPSA) is 9.23 Å². The van der Waals surface area contributed by atoms with Gasteiger partial charge in [-0.3, -0.25) is 0 Å². The minimum atomic E-state index is -3.81. The maximum Gasteiger partial charge on any atom is 0.426 e. The van der Waals surface area contributed by atoms with Crippen molar-refractivity contribution in [3.8, 4) is 39.1 Å². The molecule has 0 amide bonds. The van der Waals surface area contributed by atoms with Gasteiger partial charge in [-0.05, 0) is 59.5 Å². The van der Waals surface area contributed by atoms with Gasteiger partial charge in [0, 0.05) is 17.7 Å². The van der Waals surface area contributed by atoms with Crippen molar-refractivity contribution in [2.45, 2.75) is 13.0 Å². The third-order valence-electron chi connectivity index (χ3n) is 6.36. The number of aryl methyl sites for hydroxylation is 1. The van der Waals surface area contributed by atoms with Crippen molar-refractivity contribution in [2.75, 3.05) is 0 Å². The lowest BCUT2D eigenvalue weighted by atomic mass is 9.97. The van der Waals surface area contributed by atoms with Crippen LogP contribution >= 0.6 is 0 Å². The van der Waals surface area contributed by atoms with Crippen molar-refractivity contribution in [1.82, 2.24) is 0 Å². The van der Waals surface area contributed by atoms with Gasteiger partial charge in [-0.15, -0.1) is 0 Å². The van der Waals surface area contributed by atoms with Gasteiger partial charge in [-0.25, -0.2) is 22.0 Å². The summed E-state index contributed by atoms with van der Waals surface area (Å²) in [6.07, 6.45) is -3.81. The lowest BCUT2D eigenvalue weighted by molar-refractivity contribution is -0.185. The average molecular weight is 552 g/mol. The van der Waals surface area contributed by atoms with Crippen molar-refractivity contribution in [2.24, 2.45) is 0 Å². The molecule has 0 spiro atoms. The lowest BCUT2D eigenvalue weighted by Gasteiger charge is -2.19. The van der Waals surface area contributed by atoms with Gasteiger partial charge in [0.15, 0.2) is 11.6 Å². The van der Waals surface area contributed by atoms with E-state index in [1.54, 1.807) is 13.0 Å². The van der Waals surface area contributed by atoms with E-state index in [2.05, 4.69) is 4.74 Å².